The molecule has 14 heavy (non-hydrogen) atoms. The maximum Gasteiger partial charge on any atom is 0.122 e. The molecular weight excluding hydrogens is 172 g/mol. The topological polar surface area (TPSA) is 9.23 Å². The first-order valence-electron chi connectivity index (χ1n) is 4.91. The van der Waals surface area contributed by atoms with Crippen LogP contribution in [0.4, 0.5) is 0 Å². The number of ether oxygens (including phenoxy) is 1. The maximum atomic E-state index is 5.32. The fourth-order valence-corrected chi connectivity index (χ4v) is 1.42. The molecule has 0 bridgehead atoms. The van der Waals surface area contributed by atoms with Crippen molar-refractivity contribution in [3.63, 3.8) is 0 Å². The summed E-state index contributed by atoms with van der Waals surface area (Å²) in [6, 6.07) is 6.33. The highest BCUT2D eigenvalue weighted by Gasteiger charge is 2.02. The van der Waals surface area contributed by atoms with Gasteiger partial charge in [-0.1, -0.05) is 19.1 Å². The third-order valence-corrected chi connectivity index (χ3v) is 2.30. The molecule has 0 saturated heterocycles. The number of rotatable bonds is 4. The Hall–Kier alpha value is -1.42. The van der Waals surface area contributed by atoms with Crippen molar-refractivity contribution in [1.29, 1.82) is 0 Å². The normalized spacial score (nSPS) is 9.50. The Balaban J connectivity index is 2.88. The van der Waals surface area contributed by atoms with Gasteiger partial charge in [-0.25, -0.2) is 0 Å². The number of methoxy groups -OCH3 is 1. The fraction of sp³-hybridized carbons (Fsp3) is 0.385. The van der Waals surface area contributed by atoms with Gasteiger partial charge in [0.05, 0.1) is 7.11 Å². The lowest BCUT2D eigenvalue weighted by Gasteiger charge is -2.08. The second-order valence-corrected chi connectivity index (χ2v) is 3.20. The van der Waals surface area contributed by atoms with Crippen LogP contribution in [0.3, 0.4) is 0 Å². The van der Waals surface area contributed by atoms with Gasteiger partial charge in [-0.05, 0) is 30.0 Å². The molecule has 0 aliphatic rings. The van der Waals surface area contributed by atoms with E-state index in [1.807, 2.05) is 0 Å². The molecule has 0 amide bonds. The average Bonchev–Trinajstić information content (AvgIpc) is 2.26. The van der Waals surface area contributed by atoms with Crippen molar-refractivity contribution < 1.29 is 4.74 Å². The number of hydrogen-bond donors (Lipinski definition) is 0. The molecule has 0 radical (unpaired) electrons. The van der Waals surface area contributed by atoms with Crippen LogP contribution in [0.5, 0.6) is 5.75 Å². The molecule has 0 unspecified atom stereocenters. The quantitative estimate of drug-likeness (QED) is 0.660. The van der Waals surface area contributed by atoms with Gasteiger partial charge in [0.15, 0.2) is 0 Å². The van der Waals surface area contributed by atoms with E-state index in [-0.39, 0.29) is 0 Å². The lowest BCUT2D eigenvalue weighted by atomic mass is 10.0. The molecule has 1 aromatic rings. The first-order chi connectivity index (χ1) is 6.81. The zero-order chi connectivity index (χ0) is 10.4. The molecule has 0 heterocycles. The van der Waals surface area contributed by atoms with Crippen LogP contribution in [0.15, 0.2) is 18.2 Å². The minimum Gasteiger partial charge on any atom is -0.496 e. The monoisotopic (exact) mass is 188 g/mol. The first kappa shape index (κ1) is 10.7. The molecule has 0 N–H and O–H groups in total. The highest BCUT2D eigenvalue weighted by atomic mass is 16.5. The van der Waals surface area contributed by atoms with E-state index >= 15 is 0 Å². The van der Waals surface area contributed by atoms with Crippen LogP contribution >= 0.6 is 0 Å². The van der Waals surface area contributed by atoms with Gasteiger partial charge in [0.2, 0.25) is 0 Å². The maximum absolute atomic E-state index is 5.32. The van der Waals surface area contributed by atoms with E-state index in [1.54, 1.807) is 7.11 Å². The lowest BCUT2D eigenvalue weighted by Crippen LogP contribution is -1.93. The molecule has 1 nitrogen and oxygen atoms in total. The minimum atomic E-state index is 0.766. The van der Waals surface area contributed by atoms with E-state index in [0.29, 0.717) is 0 Å². The van der Waals surface area contributed by atoms with Crippen molar-refractivity contribution in [1.82, 2.24) is 0 Å². The first-order valence-corrected chi connectivity index (χ1v) is 4.91. The van der Waals surface area contributed by atoms with Crippen LogP contribution in [0.2, 0.25) is 0 Å². The number of aryl methyl sites for hydroxylation is 2. The van der Waals surface area contributed by atoms with Crippen LogP contribution < -0.4 is 4.74 Å². The zero-order valence-electron chi connectivity index (χ0n) is 8.84. The molecule has 74 valence electrons. The summed E-state index contributed by atoms with van der Waals surface area (Å²) in [5.74, 6) is 3.60. The second kappa shape index (κ2) is 5.34. The SMILES string of the molecule is C#CCCc1ccc(CC)cc1OC. The Kier molecular flexibility index (Phi) is 4.07. The van der Waals surface area contributed by atoms with E-state index in [4.69, 9.17) is 11.2 Å². The van der Waals surface area contributed by atoms with Gasteiger partial charge in [-0.3, -0.25) is 0 Å². The van der Waals surface area contributed by atoms with E-state index in [1.165, 1.54) is 11.1 Å². The Bertz CT molecular complexity index is 334. The standard InChI is InChI=1S/C13H16O/c1-4-6-7-12-9-8-11(5-2)10-13(12)14-3/h1,8-10H,5-7H2,2-3H3. The van der Waals surface area contributed by atoms with E-state index in [2.05, 4.69) is 31.0 Å². The molecule has 0 atom stereocenters. The molecule has 1 heteroatoms. The fourth-order valence-electron chi connectivity index (χ4n) is 1.42. The summed E-state index contributed by atoms with van der Waals surface area (Å²) in [6.07, 6.45) is 7.92. The summed E-state index contributed by atoms with van der Waals surface area (Å²) in [5.41, 5.74) is 2.49. The highest BCUT2D eigenvalue weighted by molar-refractivity contribution is 5.38. The van der Waals surface area contributed by atoms with Gasteiger partial charge in [0, 0.05) is 6.42 Å². The summed E-state index contributed by atoms with van der Waals surface area (Å²) < 4.78 is 5.32. The van der Waals surface area contributed by atoms with E-state index < -0.39 is 0 Å². The zero-order valence-corrected chi connectivity index (χ0v) is 8.84. The molecule has 1 aromatic carbocycles. The Labute approximate surface area is 86.1 Å². The predicted octanol–water partition coefficient (Wildman–Crippen LogP) is 2.82. The van der Waals surface area contributed by atoms with Crippen LogP contribution in [0.25, 0.3) is 0 Å². The van der Waals surface area contributed by atoms with Crippen LogP contribution in [-0.2, 0) is 12.8 Å². The number of hydrogen-bond acceptors (Lipinski definition) is 1. The Morgan fingerprint density at radius 3 is 2.79 bits per heavy atom. The van der Waals surface area contributed by atoms with E-state index in [0.717, 1.165) is 25.0 Å². The van der Waals surface area contributed by atoms with Gasteiger partial charge in [-0.2, -0.15) is 0 Å². The smallest absolute Gasteiger partial charge is 0.122 e. The number of benzene rings is 1. The third-order valence-electron chi connectivity index (χ3n) is 2.30. The minimum absolute atomic E-state index is 0.766. The van der Waals surface area contributed by atoms with Gasteiger partial charge < -0.3 is 4.74 Å². The average molecular weight is 188 g/mol. The summed E-state index contributed by atoms with van der Waals surface area (Å²) in [7, 11) is 1.70. The Morgan fingerprint density at radius 2 is 2.21 bits per heavy atom. The van der Waals surface area contributed by atoms with Crippen molar-refractivity contribution in [2.24, 2.45) is 0 Å². The molecule has 0 saturated carbocycles. The van der Waals surface area contributed by atoms with Gasteiger partial charge >= 0.3 is 0 Å². The molecular formula is C13H16O. The molecule has 0 aliphatic carbocycles. The largest absolute Gasteiger partial charge is 0.496 e. The summed E-state index contributed by atoms with van der Waals surface area (Å²) in [4.78, 5) is 0. The van der Waals surface area contributed by atoms with Crippen molar-refractivity contribution in [3.05, 3.63) is 29.3 Å². The van der Waals surface area contributed by atoms with Crippen LogP contribution in [-0.4, -0.2) is 7.11 Å². The predicted molar refractivity (Wildman–Crippen MR) is 59.5 cm³/mol. The molecule has 0 spiro atoms. The van der Waals surface area contributed by atoms with Crippen molar-refractivity contribution >= 4 is 0 Å². The van der Waals surface area contributed by atoms with Crippen LogP contribution in [0, 0.1) is 12.3 Å². The highest BCUT2D eigenvalue weighted by Crippen LogP contribution is 2.21. The van der Waals surface area contributed by atoms with Crippen LogP contribution in [0.1, 0.15) is 24.5 Å². The molecule has 0 aromatic heterocycles. The third kappa shape index (κ3) is 2.53. The molecule has 0 aliphatic heterocycles. The van der Waals surface area contributed by atoms with Crippen molar-refractivity contribution in [2.75, 3.05) is 7.11 Å². The van der Waals surface area contributed by atoms with Crippen molar-refractivity contribution in [3.8, 4) is 18.1 Å². The summed E-state index contributed by atoms with van der Waals surface area (Å²) in [6.45, 7) is 2.13. The number of terminal acetylenes is 1. The molecule has 1 rings (SSSR count). The second-order valence-electron chi connectivity index (χ2n) is 3.20. The van der Waals surface area contributed by atoms with Gasteiger partial charge in [0.1, 0.15) is 5.75 Å². The Morgan fingerprint density at radius 1 is 1.43 bits per heavy atom. The summed E-state index contributed by atoms with van der Waals surface area (Å²) in [5, 5.41) is 0. The van der Waals surface area contributed by atoms with Gasteiger partial charge in [0.25, 0.3) is 0 Å². The summed E-state index contributed by atoms with van der Waals surface area (Å²) >= 11 is 0. The molecule has 0 fully saturated rings. The van der Waals surface area contributed by atoms with E-state index in [9.17, 15) is 0 Å². The van der Waals surface area contributed by atoms with Gasteiger partial charge in [-0.15, -0.1) is 12.3 Å². The lowest BCUT2D eigenvalue weighted by molar-refractivity contribution is 0.409. The van der Waals surface area contributed by atoms with Crippen molar-refractivity contribution in [2.45, 2.75) is 26.2 Å².